The Hall–Kier alpha value is -1.70. The zero-order chi connectivity index (χ0) is 18.6. The molecule has 1 aromatic carbocycles. The van der Waals surface area contributed by atoms with Crippen LogP contribution < -0.4 is 5.32 Å². The Morgan fingerprint density at radius 1 is 1.15 bits per heavy atom. The topological polar surface area (TPSA) is 66.5 Å². The lowest BCUT2D eigenvalue weighted by atomic mass is 9.96. The van der Waals surface area contributed by atoms with Crippen LogP contribution in [0, 0.1) is 5.92 Å². The van der Waals surface area contributed by atoms with Gasteiger partial charge < -0.3 is 10.2 Å². The normalized spacial score (nSPS) is 16.0. The van der Waals surface area contributed by atoms with Gasteiger partial charge in [-0.15, -0.1) is 11.3 Å². The smallest absolute Gasteiger partial charge is 0.263 e. The van der Waals surface area contributed by atoms with E-state index in [-0.39, 0.29) is 15.0 Å². The molecular formula is C19H24N2O3S2. The first kappa shape index (κ1) is 19.1. The third kappa shape index (κ3) is 4.16. The lowest BCUT2D eigenvalue weighted by Crippen LogP contribution is -2.40. The van der Waals surface area contributed by atoms with Gasteiger partial charge in [-0.2, -0.15) is 0 Å². The molecule has 2 aromatic rings. The largest absolute Gasteiger partial charge is 0.338 e. The van der Waals surface area contributed by atoms with Crippen molar-refractivity contribution in [3.8, 4) is 0 Å². The number of thiophene rings is 1. The number of rotatable bonds is 6. The van der Waals surface area contributed by atoms with Gasteiger partial charge in [-0.05, 0) is 56.1 Å². The van der Waals surface area contributed by atoms with Crippen LogP contribution in [0.1, 0.15) is 29.4 Å². The molecule has 0 unspecified atom stereocenters. The minimum absolute atomic E-state index is 0.0635. The summed E-state index contributed by atoms with van der Waals surface area (Å²) >= 11 is 1.06. The van der Waals surface area contributed by atoms with Gasteiger partial charge in [0.2, 0.25) is 9.84 Å². The van der Waals surface area contributed by atoms with Crippen LogP contribution in [0.3, 0.4) is 0 Å². The average Bonchev–Trinajstić information content (AvgIpc) is 3.18. The van der Waals surface area contributed by atoms with E-state index in [1.807, 2.05) is 4.90 Å². The van der Waals surface area contributed by atoms with Crippen molar-refractivity contribution in [2.75, 3.05) is 26.2 Å². The third-order valence-corrected chi connectivity index (χ3v) is 8.03. The number of piperidine rings is 1. The van der Waals surface area contributed by atoms with Crippen LogP contribution in [0.25, 0.3) is 0 Å². The van der Waals surface area contributed by atoms with Crippen molar-refractivity contribution >= 4 is 27.1 Å². The number of amides is 1. The van der Waals surface area contributed by atoms with E-state index in [1.54, 1.807) is 36.4 Å². The number of sulfone groups is 1. The Morgan fingerprint density at radius 2 is 1.85 bits per heavy atom. The molecule has 26 heavy (non-hydrogen) atoms. The van der Waals surface area contributed by atoms with Gasteiger partial charge in [0.1, 0.15) is 4.21 Å². The van der Waals surface area contributed by atoms with Gasteiger partial charge in [-0.3, -0.25) is 4.79 Å². The van der Waals surface area contributed by atoms with E-state index < -0.39 is 9.84 Å². The van der Waals surface area contributed by atoms with Crippen LogP contribution in [0.15, 0.2) is 51.6 Å². The van der Waals surface area contributed by atoms with Gasteiger partial charge in [0.25, 0.3) is 5.91 Å². The highest BCUT2D eigenvalue weighted by atomic mass is 32.2. The first-order valence-electron chi connectivity index (χ1n) is 8.92. The van der Waals surface area contributed by atoms with Gasteiger partial charge in [-0.1, -0.05) is 25.1 Å². The van der Waals surface area contributed by atoms with Crippen LogP contribution in [0.2, 0.25) is 0 Å². The van der Waals surface area contributed by atoms with Crippen LogP contribution in [-0.4, -0.2) is 45.4 Å². The summed E-state index contributed by atoms with van der Waals surface area (Å²) in [5, 5.41) is 3.36. The second-order valence-electron chi connectivity index (χ2n) is 6.48. The van der Waals surface area contributed by atoms with Crippen LogP contribution in [0.5, 0.6) is 0 Å². The number of hydrogen-bond donors (Lipinski definition) is 1. The molecule has 1 aliphatic heterocycles. The van der Waals surface area contributed by atoms with Crippen LogP contribution >= 0.6 is 11.3 Å². The van der Waals surface area contributed by atoms with Gasteiger partial charge in [0, 0.05) is 13.1 Å². The second kappa shape index (κ2) is 8.33. The van der Waals surface area contributed by atoms with Crippen molar-refractivity contribution in [1.29, 1.82) is 0 Å². The Morgan fingerprint density at radius 3 is 2.50 bits per heavy atom. The number of hydrogen-bond acceptors (Lipinski definition) is 5. The molecule has 0 spiro atoms. The maximum atomic E-state index is 12.7. The zero-order valence-electron chi connectivity index (χ0n) is 14.8. The number of benzene rings is 1. The predicted molar refractivity (Wildman–Crippen MR) is 103 cm³/mol. The monoisotopic (exact) mass is 392 g/mol. The van der Waals surface area contributed by atoms with Crippen molar-refractivity contribution in [3.63, 3.8) is 0 Å². The van der Waals surface area contributed by atoms with Gasteiger partial charge >= 0.3 is 0 Å². The minimum Gasteiger partial charge on any atom is -0.338 e. The van der Waals surface area contributed by atoms with E-state index >= 15 is 0 Å². The SMILES string of the molecule is CCNCC1CCN(C(=O)c2ccc(S(=O)(=O)c3ccccc3)s2)CC1. The summed E-state index contributed by atoms with van der Waals surface area (Å²) in [6, 6.07) is 11.5. The Labute approximate surface area is 159 Å². The van der Waals surface area contributed by atoms with E-state index in [1.165, 1.54) is 6.07 Å². The molecule has 140 valence electrons. The summed E-state index contributed by atoms with van der Waals surface area (Å²) in [5.74, 6) is 0.544. The summed E-state index contributed by atoms with van der Waals surface area (Å²) in [6.45, 7) is 5.52. The fraction of sp³-hybridized carbons (Fsp3) is 0.421. The first-order valence-corrected chi connectivity index (χ1v) is 11.2. The highest BCUT2D eigenvalue weighted by molar-refractivity contribution is 7.93. The van der Waals surface area contributed by atoms with Crippen molar-refractivity contribution in [2.24, 2.45) is 5.92 Å². The Balaban J connectivity index is 1.68. The molecule has 0 radical (unpaired) electrons. The van der Waals surface area contributed by atoms with E-state index in [0.717, 1.165) is 50.4 Å². The maximum absolute atomic E-state index is 12.7. The van der Waals surface area contributed by atoms with Crippen LogP contribution in [0.4, 0.5) is 0 Å². The fourth-order valence-electron chi connectivity index (χ4n) is 3.14. The average molecular weight is 393 g/mol. The number of carbonyl (C=O) groups is 1. The molecule has 1 aromatic heterocycles. The Bertz CT molecular complexity index is 839. The lowest BCUT2D eigenvalue weighted by molar-refractivity contribution is 0.0695. The van der Waals surface area contributed by atoms with Crippen molar-refractivity contribution < 1.29 is 13.2 Å². The van der Waals surface area contributed by atoms with Crippen LogP contribution in [-0.2, 0) is 9.84 Å². The summed E-state index contributed by atoms with van der Waals surface area (Å²) in [6.07, 6.45) is 1.97. The number of carbonyl (C=O) groups excluding carboxylic acids is 1. The van der Waals surface area contributed by atoms with E-state index in [2.05, 4.69) is 12.2 Å². The van der Waals surface area contributed by atoms with Crippen molar-refractivity contribution in [1.82, 2.24) is 10.2 Å². The number of likely N-dealkylation sites (tertiary alicyclic amines) is 1. The number of nitrogens with zero attached hydrogens (tertiary/aromatic N) is 1. The lowest BCUT2D eigenvalue weighted by Gasteiger charge is -2.31. The first-order chi connectivity index (χ1) is 12.5. The summed E-state index contributed by atoms with van der Waals surface area (Å²) in [5.41, 5.74) is 0. The summed E-state index contributed by atoms with van der Waals surface area (Å²) < 4.78 is 25.6. The molecule has 7 heteroatoms. The molecule has 1 fully saturated rings. The fourth-order valence-corrected chi connectivity index (χ4v) is 5.84. The second-order valence-corrected chi connectivity index (χ2v) is 9.74. The Kier molecular flexibility index (Phi) is 6.11. The maximum Gasteiger partial charge on any atom is 0.263 e. The zero-order valence-corrected chi connectivity index (χ0v) is 16.5. The molecule has 0 atom stereocenters. The third-order valence-electron chi connectivity index (χ3n) is 4.70. The molecule has 3 rings (SSSR count). The van der Waals surface area contributed by atoms with Gasteiger partial charge in [0.05, 0.1) is 9.77 Å². The molecular weight excluding hydrogens is 368 g/mol. The molecule has 2 heterocycles. The van der Waals surface area contributed by atoms with Gasteiger partial charge in [0.15, 0.2) is 0 Å². The van der Waals surface area contributed by atoms with E-state index in [0.29, 0.717) is 10.8 Å². The summed E-state index contributed by atoms with van der Waals surface area (Å²) in [4.78, 5) is 15.3. The molecule has 1 N–H and O–H groups in total. The molecule has 1 amide bonds. The highest BCUT2D eigenvalue weighted by Gasteiger charge is 2.26. The molecule has 1 aliphatic rings. The number of nitrogens with one attached hydrogen (secondary N) is 1. The molecule has 0 bridgehead atoms. The molecule has 0 saturated carbocycles. The van der Waals surface area contributed by atoms with E-state index in [4.69, 9.17) is 0 Å². The molecule has 1 saturated heterocycles. The minimum atomic E-state index is -3.56. The standard InChI is InChI=1S/C19H24N2O3S2/c1-2-20-14-15-10-12-21(13-11-15)19(22)17-8-9-18(25-17)26(23,24)16-6-4-3-5-7-16/h3-9,15,20H,2,10-14H2,1H3. The van der Waals surface area contributed by atoms with Crippen molar-refractivity contribution in [3.05, 3.63) is 47.3 Å². The molecule has 0 aliphatic carbocycles. The quantitative estimate of drug-likeness (QED) is 0.821. The summed E-state index contributed by atoms with van der Waals surface area (Å²) in [7, 11) is -3.56. The highest BCUT2D eigenvalue weighted by Crippen LogP contribution is 2.29. The molecule has 5 nitrogen and oxygen atoms in total. The predicted octanol–water partition coefficient (Wildman–Crippen LogP) is 3.04. The van der Waals surface area contributed by atoms with Gasteiger partial charge in [-0.25, -0.2) is 8.42 Å². The van der Waals surface area contributed by atoms with Crippen molar-refractivity contribution in [2.45, 2.75) is 28.9 Å². The van der Waals surface area contributed by atoms with E-state index in [9.17, 15) is 13.2 Å².